The number of hydrogen-bond acceptors (Lipinski definition) is 4. The van der Waals surface area contributed by atoms with Gasteiger partial charge in [-0.3, -0.25) is 4.79 Å². The van der Waals surface area contributed by atoms with E-state index in [0.29, 0.717) is 22.6 Å². The standard InChI is InChI=1S/C21H18O5/c1-13(22)15-3-5-16(6-4-15)17-7-9-19(10-8-17)25-12-18-11-20(21(23)24)26-14(18)2/h3-11H,12H2,1-2H3,(H,23,24). The molecule has 3 aromatic rings. The van der Waals surface area contributed by atoms with E-state index in [0.717, 1.165) is 11.1 Å². The van der Waals surface area contributed by atoms with Gasteiger partial charge in [0.25, 0.3) is 0 Å². The minimum absolute atomic E-state index is 0.0425. The van der Waals surface area contributed by atoms with E-state index in [-0.39, 0.29) is 18.2 Å². The number of Topliss-reactive ketones (excluding diaryl/α,β-unsaturated/α-hetero) is 1. The highest BCUT2D eigenvalue weighted by Crippen LogP contribution is 2.24. The second-order valence-corrected chi connectivity index (χ2v) is 5.94. The molecule has 0 saturated carbocycles. The third-order valence-electron chi connectivity index (χ3n) is 4.10. The highest BCUT2D eigenvalue weighted by molar-refractivity contribution is 5.94. The van der Waals surface area contributed by atoms with Crippen LogP contribution in [-0.2, 0) is 6.61 Å². The lowest BCUT2D eigenvalue weighted by Gasteiger charge is -2.07. The van der Waals surface area contributed by atoms with Crippen LogP contribution < -0.4 is 4.74 Å². The van der Waals surface area contributed by atoms with Gasteiger partial charge in [0, 0.05) is 11.1 Å². The van der Waals surface area contributed by atoms with E-state index in [2.05, 4.69) is 0 Å². The lowest BCUT2D eigenvalue weighted by molar-refractivity contribution is 0.0660. The molecule has 2 aromatic carbocycles. The summed E-state index contributed by atoms with van der Waals surface area (Å²) in [7, 11) is 0. The van der Waals surface area contributed by atoms with Crippen molar-refractivity contribution < 1.29 is 23.8 Å². The third-order valence-corrected chi connectivity index (χ3v) is 4.10. The quantitative estimate of drug-likeness (QED) is 0.650. The van der Waals surface area contributed by atoms with E-state index < -0.39 is 5.97 Å². The van der Waals surface area contributed by atoms with Gasteiger partial charge in [-0.25, -0.2) is 4.79 Å². The van der Waals surface area contributed by atoms with Crippen molar-refractivity contribution in [2.75, 3.05) is 0 Å². The Morgan fingerprint density at radius 1 is 1.00 bits per heavy atom. The number of aryl methyl sites for hydroxylation is 1. The fraction of sp³-hybridized carbons (Fsp3) is 0.143. The molecule has 5 nitrogen and oxygen atoms in total. The Morgan fingerprint density at radius 3 is 2.08 bits per heavy atom. The van der Waals surface area contributed by atoms with Gasteiger partial charge in [-0.2, -0.15) is 0 Å². The van der Waals surface area contributed by atoms with Crippen LogP contribution in [0.1, 0.15) is 39.2 Å². The van der Waals surface area contributed by atoms with Crippen molar-refractivity contribution in [3.05, 3.63) is 77.2 Å². The van der Waals surface area contributed by atoms with Crippen LogP contribution >= 0.6 is 0 Å². The molecule has 0 aliphatic heterocycles. The first-order chi connectivity index (χ1) is 12.4. The average molecular weight is 350 g/mol. The Kier molecular flexibility index (Phi) is 4.89. The summed E-state index contributed by atoms with van der Waals surface area (Å²) >= 11 is 0. The van der Waals surface area contributed by atoms with Crippen molar-refractivity contribution in [2.24, 2.45) is 0 Å². The summed E-state index contributed by atoms with van der Waals surface area (Å²) in [5.41, 5.74) is 3.41. The van der Waals surface area contributed by atoms with Crippen molar-refractivity contribution in [1.29, 1.82) is 0 Å². The number of rotatable bonds is 6. The monoisotopic (exact) mass is 350 g/mol. The normalized spacial score (nSPS) is 10.5. The molecule has 1 aromatic heterocycles. The maximum absolute atomic E-state index is 11.3. The molecule has 0 fully saturated rings. The fourth-order valence-corrected chi connectivity index (χ4v) is 2.57. The largest absolute Gasteiger partial charge is 0.489 e. The minimum Gasteiger partial charge on any atom is -0.489 e. The van der Waals surface area contributed by atoms with E-state index in [4.69, 9.17) is 14.3 Å². The van der Waals surface area contributed by atoms with Crippen LogP contribution in [0.5, 0.6) is 5.75 Å². The molecule has 0 bridgehead atoms. The molecule has 1 N–H and O–H groups in total. The molecule has 0 aliphatic carbocycles. The van der Waals surface area contributed by atoms with Crippen LogP contribution in [0.15, 0.2) is 59.0 Å². The summed E-state index contributed by atoms with van der Waals surface area (Å²) in [6, 6.07) is 16.5. The van der Waals surface area contributed by atoms with Gasteiger partial charge in [0.05, 0.1) is 0 Å². The Bertz CT molecular complexity index is 934. The average Bonchev–Trinajstić information content (AvgIpc) is 3.02. The smallest absolute Gasteiger partial charge is 0.371 e. The number of ether oxygens (including phenoxy) is 1. The zero-order valence-corrected chi connectivity index (χ0v) is 14.5. The van der Waals surface area contributed by atoms with E-state index in [1.165, 1.54) is 6.07 Å². The molecule has 26 heavy (non-hydrogen) atoms. The molecule has 0 unspecified atom stereocenters. The van der Waals surface area contributed by atoms with Crippen LogP contribution in [0.2, 0.25) is 0 Å². The van der Waals surface area contributed by atoms with Gasteiger partial charge in [0.15, 0.2) is 5.78 Å². The van der Waals surface area contributed by atoms with Crippen molar-refractivity contribution in [2.45, 2.75) is 20.5 Å². The first kappa shape index (κ1) is 17.5. The molecule has 0 spiro atoms. The first-order valence-corrected chi connectivity index (χ1v) is 8.11. The van der Waals surface area contributed by atoms with E-state index in [9.17, 15) is 9.59 Å². The predicted octanol–water partition coefficient (Wildman–Crippen LogP) is 4.73. The molecule has 132 valence electrons. The molecule has 0 radical (unpaired) electrons. The Morgan fingerprint density at radius 2 is 1.58 bits per heavy atom. The first-order valence-electron chi connectivity index (χ1n) is 8.11. The lowest BCUT2D eigenvalue weighted by atomic mass is 10.0. The van der Waals surface area contributed by atoms with E-state index in [1.54, 1.807) is 13.8 Å². The number of carboxylic acid groups (broad SMARTS) is 1. The SMILES string of the molecule is CC(=O)c1ccc(-c2ccc(OCc3cc(C(=O)O)oc3C)cc2)cc1. The molecule has 0 amide bonds. The van der Waals surface area contributed by atoms with Crippen molar-refractivity contribution in [3.8, 4) is 16.9 Å². The topological polar surface area (TPSA) is 76.7 Å². The second kappa shape index (κ2) is 7.27. The van der Waals surface area contributed by atoms with Gasteiger partial charge < -0.3 is 14.3 Å². The van der Waals surface area contributed by atoms with Crippen LogP contribution in [0.3, 0.4) is 0 Å². The third kappa shape index (κ3) is 3.83. The summed E-state index contributed by atoms with van der Waals surface area (Å²) in [4.78, 5) is 22.3. The van der Waals surface area contributed by atoms with Crippen molar-refractivity contribution in [3.63, 3.8) is 0 Å². The molecule has 1 heterocycles. The zero-order valence-electron chi connectivity index (χ0n) is 14.5. The zero-order chi connectivity index (χ0) is 18.7. The number of furan rings is 1. The maximum atomic E-state index is 11.3. The van der Waals surface area contributed by atoms with Crippen LogP contribution in [0, 0.1) is 6.92 Å². The van der Waals surface area contributed by atoms with E-state index >= 15 is 0 Å². The van der Waals surface area contributed by atoms with Crippen molar-refractivity contribution in [1.82, 2.24) is 0 Å². The highest BCUT2D eigenvalue weighted by Gasteiger charge is 2.13. The molecule has 0 saturated heterocycles. The Labute approximate surface area is 150 Å². The summed E-state index contributed by atoms with van der Waals surface area (Å²) < 4.78 is 10.9. The molecule has 5 heteroatoms. The maximum Gasteiger partial charge on any atom is 0.371 e. The van der Waals surface area contributed by atoms with E-state index in [1.807, 2.05) is 48.5 Å². The molecular weight excluding hydrogens is 332 g/mol. The Hall–Kier alpha value is -3.34. The minimum atomic E-state index is -1.10. The number of carbonyl (C=O) groups is 2. The van der Waals surface area contributed by atoms with Gasteiger partial charge in [-0.15, -0.1) is 0 Å². The van der Waals surface area contributed by atoms with Crippen LogP contribution in [0.25, 0.3) is 11.1 Å². The number of carbonyl (C=O) groups excluding carboxylic acids is 1. The van der Waals surface area contributed by atoms with Gasteiger partial charge in [0.1, 0.15) is 18.1 Å². The fourth-order valence-electron chi connectivity index (χ4n) is 2.57. The van der Waals surface area contributed by atoms with Gasteiger partial charge in [0.2, 0.25) is 5.76 Å². The summed E-state index contributed by atoms with van der Waals surface area (Å²) in [5.74, 6) is 0.0574. The number of carboxylic acids is 1. The summed E-state index contributed by atoms with van der Waals surface area (Å²) in [6.45, 7) is 3.48. The molecule has 0 aliphatic rings. The Balaban J connectivity index is 1.68. The lowest BCUT2D eigenvalue weighted by Crippen LogP contribution is -1.96. The summed E-state index contributed by atoms with van der Waals surface area (Å²) in [5, 5.41) is 8.94. The molecule has 3 rings (SSSR count). The van der Waals surface area contributed by atoms with Gasteiger partial charge in [-0.1, -0.05) is 36.4 Å². The molecule has 0 atom stereocenters. The van der Waals surface area contributed by atoms with Gasteiger partial charge in [-0.05, 0) is 43.2 Å². The number of hydrogen-bond donors (Lipinski definition) is 1. The number of benzene rings is 2. The second-order valence-electron chi connectivity index (χ2n) is 5.94. The van der Waals surface area contributed by atoms with Crippen LogP contribution in [-0.4, -0.2) is 16.9 Å². The molecular formula is C21H18O5. The van der Waals surface area contributed by atoms with Crippen LogP contribution in [0.4, 0.5) is 0 Å². The highest BCUT2D eigenvalue weighted by atomic mass is 16.5. The summed E-state index contributed by atoms with van der Waals surface area (Å²) in [6.07, 6.45) is 0. The predicted molar refractivity (Wildman–Crippen MR) is 96.6 cm³/mol. The number of ketones is 1. The van der Waals surface area contributed by atoms with Gasteiger partial charge >= 0.3 is 5.97 Å². The number of aromatic carboxylic acids is 1. The van der Waals surface area contributed by atoms with Crippen molar-refractivity contribution >= 4 is 11.8 Å².